The molecule has 1 N–H and O–H groups in total. The van der Waals surface area contributed by atoms with Crippen LogP contribution in [-0.2, 0) is 9.22 Å². The Bertz CT molecular complexity index is 398. The van der Waals surface area contributed by atoms with Crippen molar-refractivity contribution in [2.45, 2.75) is 44.9 Å². The van der Waals surface area contributed by atoms with E-state index >= 15 is 0 Å². The first-order chi connectivity index (χ1) is 8.54. The lowest BCUT2D eigenvalue weighted by Gasteiger charge is -2.38. The third-order valence-corrected chi connectivity index (χ3v) is 8.40. The summed E-state index contributed by atoms with van der Waals surface area (Å²) < 4.78 is 6.02. The van der Waals surface area contributed by atoms with Crippen molar-refractivity contribution in [1.29, 1.82) is 0 Å². The van der Waals surface area contributed by atoms with Gasteiger partial charge in [0.1, 0.15) is 0 Å². The summed E-state index contributed by atoms with van der Waals surface area (Å²) in [6.45, 7) is 10.9. The highest BCUT2D eigenvalue weighted by Crippen LogP contribution is 2.36. The van der Waals surface area contributed by atoms with Crippen LogP contribution in [0.5, 0.6) is 0 Å². The van der Waals surface area contributed by atoms with Gasteiger partial charge in [0.05, 0.1) is 19.2 Å². The number of nitrogens with zero attached hydrogens (tertiary/aromatic N) is 1. The molecule has 1 rings (SSSR count). The van der Waals surface area contributed by atoms with E-state index in [9.17, 15) is 9.59 Å². The predicted molar refractivity (Wildman–Crippen MR) is 75.8 cm³/mol. The smallest absolute Gasteiger partial charge is 0.408 e. The number of rotatable bonds is 3. The number of amides is 1. The molecule has 0 aromatic carbocycles. The molecule has 1 aliphatic heterocycles. The predicted octanol–water partition coefficient (Wildman–Crippen LogP) is 2.50. The minimum Gasteiger partial charge on any atom is -0.465 e. The van der Waals surface area contributed by atoms with Crippen molar-refractivity contribution in [2.75, 3.05) is 13.2 Å². The summed E-state index contributed by atoms with van der Waals surface area (Å²) in [4.78, 5) is 23.5. The number of ketones is 1. The number of hydrogen-bond acceptors (Lipinski definition) is 3. The lowest BCUT2D eigenvalue weighted by Crippen LogP contribution is -2.49. The molecule has 0 bridgehead atoms. The molecule has 1 atom stereocenters. The van der Waals surface area contributed by atoms with Gasteiger partial charge in [-0.1, -0.05) is 26.8 Å². The Morgan fingerprint density at radius 1 is 1.53 bits per heavy atom. The highest BCUT2D eigenvalue weighted by Gasteiger charge is 2.38. The zero-order chi connectivity index (χ0) is 14.8. The van der Waals surface area contributed by atoms with E-state index in [1.807, 2.05) is 0 Å². The van der Waals surface area contributed by atoms with Crippen molar-refractivity contribution in [3.05, 3.63) is 12.2 Å². The highest BCUT2D eigenvalue weighted by molar-refractivity contribution is 6.74. The molecule has 5 nitrogen and oxygen atoms in total. The molecule has 19 heavy (non-hydrogen) atoms. The fraction of sp³-hybridized carbons (Fsp3) is 0.692. The Balaban J connectivity index is 2.73. The van der Waals surface area contributed by atoms with Gasteiger partial charge in [-0.3, -0.25) is 9.69 Å². The molecular weight excluding hydrogens is 262 g/mol. The van der Waals surface area contributed by atoms with Gasteiger partial charge in [-0.2, -0.15) is 0 Å². The Kier molecular flexibility index (Phi) is 4.57. The number of carboxylic acid groups (broad SMARTS) is 1. The molecule has 108 valence electrons. The van der Waals surface area contributed by atoms with Gasteiger partial charge in [-0.15, -0.1) is 0 Å². The highest BCUT2D eigenvalue weighted by atomic mass is 28.4. The first kappa shape index (κ1) is 15.9. The minimum atomic E-state index is -1.91. The third-order valence-electron chi connectivity index (χ3n) is 3.90. The number of hydrogen-bond donors (Lipinski definition) is 1. The standard InChI is InChI=1S/C13H23NO4Si/c1-13(2,3)19(4,5)18-9-10-6-7-11(15)8-14(10)12(16)17/h6-7,10H,8-9H2,1-5H3,(H,16,17). The van der Waals surface area contributed by atoms with Gasteiger partial charge >= 0.3 is 6.09 Å². The summed E-state index contributed by atoms with van der Waals surface area (Å²) in [7, 11) is -1.91. The van der Waals surface area contributed by atoms with E-state index in [4.69, 9.17) is 9.53 Å². The molecule has 1 heterocycles. The Labute approximate surface area is 115 Å². The van der Waals surface area contributed by atoms with Gasteiger partial charge in [0.15, 0.2) is 14.1 Å². The van der Waals surface area contributed by atoms with Crippen LogP contribution in [0.1, 0.15) is 20.8 Å². The summed E-state index contributed by atoms with van der Waals surface area (Å²) >= 11 is 0. The van der Waals surface area contributed by atoms with Crippen LogP contribution in [0.2, 0.25) is 18.1 Å². The monoisotopic (exact) mass is 285 g/mol. The molecule has 0 radical (unpaired) electrons. The van der Waals surface area contributed by atoms with Crippen molar-refractivity contribution in [3.8, 4) is 0 Å². The summed E-state index contributed by atoms with van der Waals surface area (Å²) in [6, 6.07) is -0.371. The maximum Gasteiger partial charge on any atom is 0.408 e. The second-order valence-corrected chi connectivity index (χ2v) is 11.2. The van der Waals surface area contributed by atoms with E-state index in [0.29, 0.717) is 6.61 Å². The second-order valence-electron chi connectivity index (χ2n) is 6.37. The fourth-order valence-electron chi connectivity index (χ4n) is 1.53. The first-order valence-corrected chi connectivity index (χ1v) is 9.30. The molecule has 6 heteroatoms. The van der Waals surface area contributed by atoms with Crippen LogP contribution in [0.3, 0.4) is 0 Å². The molecule has 0 saturated heterocycles. The van der Waals surface area contributed by atoms with Gasteiger partial charge in [0.2, 0.25) is 0 Å². The number of carbonyl (C=O) groups excluding carboxylic acids is 1. The average Bonchev–Trinajstić information content (AvgIpc) is 2.25. The lowest BCUT2D eigenvalue weighted by atomic mass is 10.1. The maximum atomic E-state index is 11.3. The van der Waals surface area contributed by atoms with Crippen molar-refractivity contribution in [3.63, 3.8) is 0 Å². The fourth-order valence-corrected chi connectivity index (χ4v) is 2.55. The molecular formula is C13H23NO4Si. The summed E-state index contributed by atoms with van der Waals surface area (Å²) in [5.74, 6) is -0.189. The van der Waals surface area contributed by atoms with Crippen molar-refractivity contribution in [2.24, 2.45) is 0 Å². The third kappa shape index (κ3) is 3.91. The van der Waals surface area contributed by atoms with Gasteiger partial charge in [-0.05, 0) is 24.2 Å². The van der Waals surface area contributed by atoms with Crippen molar-refractivity contribution in [1.82, 2.24) is 4.90 Å². The average molecular weight is 285 g/mol. The first-order valence-electron chi connectivity index (χ1n) is 6.39. The van der Waals surface area contributed by atoms with Gasteiger partial charge in [-0.25, -0.2) is 4.79 Å². The minimum absolute atomic E-state index is 0.0786. The summed E-state index contributed by atoms with van der Waals surface area (Å²) in [5, 5.41) is 9.19. The molecule has 1 aliphatic rings. The second kappa shape index (κ2) is 5.46. The Morgan fingerprint density at radius 2 is 2.11 bits per heavy atom. The zero-order valence-corrected chi connectivity index (χ0v) is 13.3. The molecule has 0 aliphatic carbocycles. The van der Waals surface area contributed by atoms with Crippen LogP contribution >= 0.6 is 0 Å². The van der Waals surface area contributed by atoms with E-state index < -0.39 is 14.4 Å². The van der Waals surface area contributed by atoms with E-state index in [1.165, 1.54) is 6.08 Å². The van der Waals surface area contributed by atoms with Gasteiger partial charge in [0.25, 0.3) is 0 Å². The van der Waals surface area contributed by atoms with Crippen molar-refractivity contribution >= 4 is 20.2 Å². The van der Waals surface area contributed by atoms with Gasteiger partial charge in [0, 0.05) is 0 Å². The molecule has 0 aromatic rings. The molecule has 0 saturated carbocycles. The molecule has 0 fully saturated rings. The molecule has 0 aromatic heterocycles. The van der Waals surface area contributed by atoms with Crippen molar-refractivity contribution < 1.29 is 19.1 Å². The largest absolute Gasteiger partial charge is 0.465 e. The van der Waals surface area contributed by atoms with E-state index in [2.05, 4.69) is 33.9 Å². The van der Waals surface area contributed by atoms with Crippen LogP contribution in [0.4, 0.5) is 4.79 Å². The zero-order valence-electron chi connectivity index (χ0n) is 12.3. The summed E-state index contributed by atoms with van der Waals surface area (Å²) in [5.41, 5.74) is 0. The van der Waals surface area contributed by atoms with E-state index in [-0.39, 0.29) is 23.4 Å². The van der Waals surface area contributed by atoms with Crippen LogP contribution < -0.4 is 0 Å². The summed E-state index contributed by atoms with van der Waals surface area (Å²) in [6.07, 6.45) is 1.98. The van der Waals surface area contributed by atoms with Gasteiger partial charge < -0.3 is 9.53 Å². The van der Waals surface area contributed by atoms with Crippen LogP contribution in [0.25, 0.3) is 0 Å². The Hall–Kier alpha value is -1.14. The SMILES string of the molecule is CC(C)(C)[Si](C)(C)OCC1C=CC(=O)CN1C(=O)O. The maximum absolute atomic E-state index is 11.3. The lowest BCUT2D eigenvalue weighted by molar-refractivity contribution is -0.116. The van der Waals surface area contributed by atoms with Crippen LogP contribution in [0.15, 0.2) is 12.2 Å². The normalized spacial score (nSPS) is 20.8. The van der Waals surface area contributed by atoms with E-state index in [1.54, 1.807) is 6.08 Å². The quantitative estimate of drug-likeness (QED) is 0.809. The Morgan fingerprint density at radius 3 is 2.58 bits per heavy atom. The van der Waals surface area contributed by atoms with Crippen LogP contribution in [0, 0.1) is 0 Å². The molecule has 0 spiro atoms. The number of carbonyl (C=O) groups is 2. The molecule has 1 amide bonds. The topological polar surface area (TPSA) is 66.8 Å². The van der Waals surface area contributed by atoms with Crippen LogP contribution in [-0.4, -0.2) is 49.4 Å². The molecule has 1 unspecified atom stereocenters. The van der Waals surface area contributed by atoms with E-state index in [0.717, 1.165) is 4.90 Å².